The van der Waals surface area contributed by atoms with Crippen LogP contribution >= 0.6 is 11.9 Å². The van der Waals surface area contributed by atoms with Gasteiger partial charge >= 0.3 is 0 Å². The van der Waals surface area contributed by atoms with E-state index in [1.165, 1.54) is 17.5 Å². The Morgan fingerprint density at radius 1 is 1.00 bits per heavy atom. The summed E-state index contributed by atoms with van der Waals surface area (Å²) >= 11 is 1.52. The van der Waals surface area contributed by atoms with Crippen LogP contribution in [0.3, 0.4) is 0 Å². The third kappa shape index (κ3) is 4.58. The lowest BCUT2D eigenvalue weighted by Gasteiger charge is -2.49. The molecule has 0 bridgehead atoms. The van der Waals surface area contributed by atoms with Gasteiger partial charge in [-0.15, -0.1) is 0 Å². The summed E-state index contributed by atoms with van der Waals surface area (Å²) in [6.07, 6.45) is 2.61. The summed E-state index contributed by atoms with van der Waals surface area (Å²) in [5.41, 5.74) is 3.51. The Labute approximate surface area is 197 Å². The molecule has 4 aromatic rings. The van der Waals surface area contributed by atoms with Crippen LogP contribution in [0.4, 0.5) is 5.69 Å². The number of nitrogens with zero attached hydrogens (tertiary/aromatic N) is 2. The number of hydrogen-bond acceptors (Lipinski definition) is 5. The predicted molar refractivity (Wildman–Crippen MR) is 133 cm³/mol. The second kappa shape index (κ2) is 9.25. The fourth-order valence-corrected chi connectivity index (χ4v) is 4.99. The van der Waals surface area contributed by atoms with Gasteiger partial charge in [-0.1, -0.05) is 48.5 Å². The minimum atomic E-state index is -0.304. The zero-order valence-electron chi connectivity index (χ0n) is 18.4. The summed E-state index contributed by atoms with van der Waals surface area (Å²) < 4.78 is 9.16. The summed E-state index contributed by atoms with van der Waals surface area (Å²) in [4.78, 5) is 20.4. The maximum absolute atomic E-state index is 13.0. The highest BCUT2D eigenvalue weighted by atomic mass is 32.2. The summed E-state index contributed by atoms with van der Waals surface area (Å²) in [6.45, 7) is 1.20. The molecule has 3 aromatic carbocycles. The minimum absolute atomic E-state index is 0.0354. The molecule has 6 heteroatoms. The van der Waals surface area contributed by atoms with E-state index in [-0.39, 0.29) is 11.5 Å². The van der Waals surface area contributed by atoms with Crippen LogP contribution in [0.2, 0.25) is 0 Å². The molecule has 0 atom stereocenters. The molecule has 1 N–H and O–H groups in total. The van der Waals surface area contributed by atoms with E-state index in [0.717, 1.165) is 27.9 Å². The number of carbonyl (C=O) groups is 1. The minimum Gasteiger partial charge on any atom is -0.374 e. The third-order valence-corrected chi connectivity index (χ3v) is 6.94. The zero-order chi connectivity index (χ0) is 22.7. The van der Waals surface area contributed by atoms with Crippen molar-refractivity contribution in [2.24, 2.45) is 0 Å². The largest absolute Gasteiger partial charge is 0.374 e. The van der Waals surface area contributed by atoms with Crippen molar-refractivity contribution in [1.29, 1.82) is 0 Å². The Balaban J connectivity index is 1.20. The molecule has 2 heterocycles. The number of likely N-dealkylation sites (tertiary alicyclic amines) is 1. The molecule has 166 valence electrons. The number of methoxy groups -OCH3 is 1. The molecule has 0 saturated carbocycles. The third-order valence-electron chi connectivity index (χ3n) is 6.05. The van der Waals surface area contributed by atoms with Crippen LogP contribution in [-0.4, -0.2) is 41.6 Å². The van der Waals surface area contributed by atoms with E-state index in [0.29, 0.717) is 18.7 Å². The first-order valence-electron chi connectivity index (χ1n) is 10.9. The number of nitrogens with one attached hydrogen (secondary N) is 1. The number of para-hydroxylation sites is 1. The molecule has 5 nitrogen and oxygen atoms in total. The average molecular weight is 456 g/mol. The molecule has 1 amide bonds. The lowest BCUT2D eigenvalue weighted by molar-refractivity contribution is -0.107. The van der Waals surface area contributed by atoms with Crippen molar-refractivity contribution >= 4 is 34.4 Å². The summed E-state index contributed by atoms with van der Waals surface area (Å²) in [7, 11) is 1.73. The predicted octanol–water partition coefficient (Wildman–Crippen LogP) is 5.44. The van der Waals surface area contributed by atoms with Gasteiger partial charge in [0.25, 0.3) is 5.91 Å². The number of pyridine rings is 1. The van der Waals surface area contributed by atoms with Gasteiger partial charge in [-0.25, -0.2) is 0 Å². The summed E-state index contributed by atoms with van der Waals surface area (Å²) in [5, 5.41) is 1.11. The zero-order valence-corrected chi connectivity index (χ0v) is 19.2. The molecule has 1 aliphatic heterocycles. The molecule has 1 saturated heterocycles. The smallest absolute Gasteiger partial charge is 0.254 e. The van der Waals surface area contributed by atoms with Gasteiger partial charge in [-0.2, -0.15) is 0 Å². The van der Waals surface area contributed by atoms with Crippen LogP contribution in [0.5, 0.6) is 0 Å². The Kier molecular flexibility index (Phi) is 6.03. The van der Waals surface area contributed by atoms with Gasteiger partial charge in [0.1, 0.15) is 5.60 Å². The van der Waals surface area contributed by atoms with E-state index in [9.17, 15) is 4.79 Å². The van der Waals surface area contributed by atoms with Gasteiger partial charge in [-0.3, -0.25) is 9.78 Å². The van der Waals surface area contributed by atoms with Crippen molar-refractivity contribution in [3.05, 3.63) is 102 Å². The Hall–Kier alpha value is -3.35. The number of rotatable bonds is 7. The van der Waals surface area contributed by atoms with Gasteiger partial charge in [0.2, 0.25) is 0 Å². The quantitative estimate of drug-likeness (QED) is 0.376. The van der Waals surface area contributed by atoms with E-state index in [1.807, 2.05) is 65.6 Å². The lowest BCUT2D eigenvalue weighted by atomic mass is 9.86. The molecule has 0 aliphatic carbocycles. The number of anilines is 1. The van der Waals surface area contributed by atoms with E-state index in [1.54, 1.807) is 13.3 Å². The van der Waals surface area contributed by atoms with Crippen molar-refractivity contribution in [3.63, 3.8) is 0 Å². The maximum Gasteiger partial charge on any atom is 0.254 e. The standard InChI is InChI=1S/C27H25N3O2S/c1-32-27(17-20-7-3-2-4-8-20)18-30(19-27)26(31)22-12-14-23(15-13-22)29-33-24-11-5-9-21-10-6-16-28-25(21)24/h2-16,29H,17-19H2,1H3. The molecule has 0 radical (unpaired) electrons. The molecule has 1 fully saturated rings. The van der Waals surface area contributed by atoms with Crippen LogP contribution in [0, 0.1) is 0 Å². The van der Waals surface area contributed by atoms with Crippen LogP contribution < -0.4 is 4.72 Å². The van der Waals surface area contributed by atoms with Crippen molar-refractivity contribution < 1.29 is 9.53 Å². The lowest BCUT2D eigenvalue weighted by Crippen LogP contribution is -2.65. The average Bonchev–Trinajstić information content (AvgIpc) is 2.85. The Morgan fingerprint density at radius 2 is 1.76 bits per heavy atom. The molecular formula is C27H25N3O2S. The second-order valence-corrected chi connectivity index (χ2v) is 9.17. The first kappa shape index (κ1) is 21.5. The molecule has 1 aliphatic rings. The number of carbonyl (C=O) groups excluding carboxylic acids is 1. The fourth-order valence-electron chi connectivity index (χ4n) is 4.21. The second-order valence-electron chi connectivity index (χ2n) is 8.32. The van der Waals surface area contributed by atoms with E-state index >= 15 is 0 Å². The maximum atomic E-state index is 13.0. The number of benzene rings is 3. The highest BCUT2D eigenvalue weighted by molar-refractivity contribution is 8.00. The molecular weight excluding hydrogens is 430 g/mol. The Morgan fingerprint density at radius 3 is 2.52 bits per heavy atom. The summed E-state index contributed by atoms with van der Waals surface area (Å²) in [6, 6.07) is 28.0. The molecule has 0 unspecified atom stereocenters. The van der Waals surface area contributed by atoms with Gasteiger partial charge in [0.05, 0.1) is 23.5 Å². The SMILES string of the molecule is COC1(Cc2ccccc2)CN(C(=O)c2ccc(NSc3cccc4cccnc34)cc2)C1. The number of aromatic nitrogens is 1. The van der Waals surface area contributed by atoms with Crippen molar-refractivity contribution in [3.8, 4) is 0 Å². The van der Waals surface area contributed by atoms with Crippen LogP contribution in [0.25, 0.3) is 10.9 Å². The van der Waals surface area contributed by atoms with Crippen LogP contribution in [0.1, 0.15) is 15.9 Å². The molecule has 0 spiro atoms. The number of amides is 1. The van der Waals surface area contributed by atoms with Crippen LogP contribution in [0.15, 0.2) is 96.0 Å². The molecule has 33 heavy (non-hydrogen) atoms. The highest BCUT2D eigenvalue weighted by Crippen LogP contribution is 2.31. The highest BCUT2D eigenvalue weighted by Gasteiger charge is 2.45. The number of fused-ring (bicyclic) bond motifs is 1. The number of hydrogen-bond donors (Lipinski definition) is 1. The van der Waals surface area contributed by atoms with Gasteiger partial charge in [0.15, 0.2) is 0 Å². The first-order chi connectivity index (χ1) is 16.2. The Bertz CT molecular complexity index is 1250. The van der Waals surface area contributed by atoms with Gasteiger partial charge in [0, 0.05) is 36.4 Å². The monoisotopic (exact) mass is 455 g/mol. The normalized spacial score (nSPS) is 14.6. The van der Waals surface area contributed by atoms with E-state index in [4.69, 9.17) is 4.74 Å². The fraction of sp³-hybridized carbons (Fsp3) is 0.185. The topological polar surface area (TPSA) is 54.5 Å². The van der Waals surface area contributed by atoms with Crippen molar-refractivity contribution in [2.75, 3.05) is 24.9 Å². The summed E-state index contributed by atoms with van der Waals surface area (Å²) in [5.74, 6) is 0.0354. The van der Waals surface area contributed by atoms with E-state index < -0.39 is 0 Å². The van der Waals surface area contributed by atoms with Gasteiger partial charge < -0.3 is 14.4 Å². The van der Waals surface area contributed by atoms with Crippen LogP contribution in [-0.2, 0) is 11.2 Å². The van der Waals surface area contributed by atoms with Crippen molar-refractivity contribution in [1.82, 2.24) is 9.88 Å². The first-order valence-corrected chi connectivity index (χ1v) is 11.7. The molecule has 5 rings (SSSR count). The van der Waals surface area contributed by atoms with E-state index in [2.05, 4.69) is 34.0 Å². The van der Waals surface area contributed by atoms with Gasteiger partial charge in [-0.05, 0) is 53.9 Å². The number of ether oxygens (including phenoxy) is 1. The van der Waals surface area contributed by atoms with Crippen molar-refractivity contribution in [2.45, 2.75) is 16.9 Å². The molecule has 1 aromatic heterocycles.